The highest BCUT2D eigenvalue weighted by Gasteiger charge is 2.33. The molecule has 0 unspecified atom stereocenters. The number of Topliss-reactive ketones (excluding diaryl/α,β-unsaturated/α-hetero) is 2. The predicted molar refractivity (Wildman–Crippen MR) is 123 cm³/mol. The number of carbonyl (C=O) groups excluding carboxylic acids is 2. The molecule has 3 radical (unpaired) electrons. The standard InChI is InChI=1S/C23H15B2N2O2S/c1-2-27-15(12-19-22(27)26-23(30-19)13-6-4-3-5-7-13)11-18-20(28)16-9-8-14(25-24)10-17(16)21(18)29/h3-12H,2H2,1H3/b18-11-. The number of benzene rings is 2. The lowest BCUT2D eigenvalue weighted by Gasteiger charge is -2.03. The maximum Gasteiger partial charge on any atom is 0.197 e. The van der Waals surface area contributed by atoms with Crippen LogP contribution in [0.4, 0.5) is 0 Å². The molecule has 2 aromatic carbocycles. The van der Waals surface area contributed by atoms with Gasteiger partial charge < -0.3 is 4.57 Å². The smallest absolute Gasteiger partial charge is 0.197 e. The molecule has 0 spiro atoms. The largest absolute Gasteiger partial charge is 0.325 e. The molecule has 0 N–H and O–H groups in total. The molecule has 7 heteroatoms. The van der Waals surface area contributed by atoms with Crippen LogP contribution in [-0.4, -0.2) is 36.0 Å². The van der Waals surface area contributed by atoms with Crippen LogP contribution in [0.3, 0.4) is 0 Å². The van der Waals surface area contributed by atoms with E-state index in [-0.39, 0.29) is 17.1 Å². The van der Waals surface area contributed by atoms with Crippen molar-refractivity contribution in [2.45, 2.75) is 13.5 Å². The SMILES string of the molecule is [B][B]c1ccc2c(c1)C(=O)/C(=C\c1cc3sc(-c4ccccc4)nc3n1CC)C2=O. The number of allylic oxidation sites excluding steroid dienone is 1. The first-order chi connectivity index (χ1) is 14.6. The van der Waals surface area contributed by atoms with Crippen LogP contribution in [0.25, 0.3) is 27.0 Å². The molecule has 0 saturated heterocycles. The Kier molecular flexibility index (Phi) is 4.55. The Morgan fingerprint density at radius 3 is 2.57 bits per heavy atom. The van der Waals surface area contributed by atoms with Gasteiger partial charge in [-0.1, -0.05) is 54.0 Å². The van der Waals surface area contributed by atoms with Crippen LogP contribution in [-0.2, 0) is 6.54 Å². The van der Waals surface area contributed by atoms with Crippen LogP contribution in [0.5, 0.6) is 0 Å². The number of hydrogen-bond donors (Lipinski definition) is 0. The Bertz CT molecular complexity index is 1350. The summed E-state index contributed by atoms with van der Waals surface area (Å²) in [6, 6.07) is 17.1. The fraction of sp³-hybridized carbons (Fsp3) is 0.0870. The molecule has 1 aliphatic rings. The number of carbonyl (C=O) groups is 2. The molecule has 0 fully saturated rings. The zero-order valence-electron chi connectivity index (χ0n) is 16.3. The lowest BCUT2D eigenvalue weighted by atomic mass is 9.51. The third-order valence-corrected chi connectivity index (χ3v) is 6.37. The molecule has 2 heterocycles. The van der Waals surface area contributed by atoms with E-state index in [4.69, 9.17) is 12.7 Å². The first kappa shape index (κ1) is 18.8. The predicted octanol–water partition coefficient (Wildman–Crippen LogP) is 3.66. The Morgan fingerprint density at radius 2 is 1.83 bits per heavy atom. The Hall–Kier alpha value is -3.18. The molecule has 141 valence electrons. The molecular weight excluding hydrogens is 390 g/mol. The molecule has 0 saturated carbocycles. The van der Waals surface area contributed by atoms with Gasteiger partial charge in [-0.25, -0.2) is 4.98 Å². The van der Waals surface area contributed by atoms with Gasteiger partial charge in [0.2, 0.25) is 0 Å². The van der Waals surface area contributed by atoms with Gasteiger partial charge in [0, 0.05) is 36.7 Å². The third kappa shape index (κ3) is 2.89. The molecule has 4 nitrogen and oxygen atoms in total. The van der Waals surface area contributed by atoms with Crippen molar-refractivity contribution in [2.24, 2.45) is 0 Å². The highest BCUT2D eigenvalue weighted by molar-refractivity contribution is 7.21. The highest BCUT2D eigenvalue weighted by atomic mass is 32.1. The van der Waals surface area contributed by atoms with E-state index in [1.807, 2.05) is 47.9 Å². The minimum absolute atomic E-state index is 0.183. The van der Waals surface area contributed by atoms with Crippen LogP contribution in [0.15, 0.2) is 60.2 Å². The molecule has 0 aliphatic heterocycles. The molecule has 0 amide bonds. The topological polar surface area (TPSA) is 52.0 Å². The van der Waals surface area contributed by atoms with Crippen molar-refractivity contribution in [3.05, 3.63) is 77.0 Å². The quantitative estimate of drug-likeness (QED) is 0.296. The van der Waals surface area contributed by atoms with Gasteiger partial charge in [0.25, 0.3) is 0 Å². The lowest BCUT2D eigenvalue weighted by Crippen LogP contribution is -2.15. The van der Waals surface area contributed by atoms with E-state index >= 15 is 0 Å². The fourth-order valence-electron chi connectivity index (χ4n) is 3.83. The molecule has 0 bridgehead atoms. The number of fused-ring (bicyclic) bond motifs is 2. The van der Waals surface area contributed by atoms with E-state index < -0.39 is 0 Å². The van der Waals surface area contributed by atoms with Gasteiger partial charge in [-0.2, -0.15) is 0 Å². The van der Waals surface area contributed by atoms with E-state index in [0.29, 0.717) is 23.1 Å². The van der Waals surface area contributed by atoms with Gasteiger partial charge in [0.05, 0.1) is 17.4 Å². The van der Waals surface area contributed by atoms with E-state index in [0.717, 1.165) is 26.6 Å². The van der Waals surface area contributed by atoms with Crippen molar-refractivity contribution in [1.29, 1.82) is 0 Å². The second-order valence-corrected chi connectivity index (χ2v) is 8.10. The van der Waals surface area contributed by atoms with E-state index in [2.05, 4.69) is 0 Å². The Balaban J connectivity index is 1.58. The van der Waals surface area contributed by atoms with Crippen molar-refractivity contribution in [3.63, 3.8) is 0 Å². The number of nitrogens with zero attached hydrogens (tertiary/aromatic N) is 2. The van der Waals surface area contributed by atoms with E-state index in [9.17, 15) is 9.59 Å². The third-order valence-electron chi connectivity index (χ3n) is 5.32. The van der Waals surface area contributed by atoms with Crippen LogP contribution in [0.2, 0.25) is 0 Å². The van der Waals surface area contributed by atoms with Crippen molar-refractivity contribution in [1.82, 2.24) is 9.55 Å². The van der Waals surface area contributed by atoms with E-state index in [1.54, 1.807) is 35.6 Å². The van der Waals surface area contributed by atoms with Gasteiger partial charge in [-0.05, 0) is 19.1 Å². The van der Waals surface area contributed by atoms with Gasteiger partial charge in [-0.15, -0.1) is 11.3 Å². The minimum atomic E-state index is -0.260. The number of rotatable bonds is 4. The van der Waals surface area contributed by atoms with Crippen molar-refractivity contribution in [3.8, 4) is 10.6 Å². The van der Waals surface area contributed by atoms with Crippen molar-refractivity contribution in [2.75, 3.05) is 0 Å². The molecule has 4 aromatic rings. The zero-order chi connectivity index (χ0) is 20.8. The zero-order valence-corrected chi connectivity index (χ0v) is 17.1. The monoisotopic (exact) mass is 405 g/mol. The molecule has 0 atom stereocenters. The first-order valence-corrected chi connectivity index (χ1v) is 10.5. The maximum atomic E-state index is 12.9. The summed E-state index contributed by atoms with van der Waals surface area (Å²) >= 11 is 1.60. The van der Waals surface area contributed by atoms with E-state index in [1.165, 1.54) is 7.17 Å². The normalized spacial score (nSPS) is 14.6. The van der Waals surface area contributed by atoms with Gasteiger partial charge >= 0.3 is 0 Å². The lowest BCUT2D eigenvalue weighted by molar-refractivity contribution is 0.0990. The van der Waals surface area contributed by atoms with Gasteiger partial charge in [0.1, 0.15) is 5.01 Å². The number of hydrogen-bond acceptors (Lipinski definition) is 4. The maximum absolute atomic E-state index is 12.9. The van der Waals surface area contributed by atoms with Gasteiger partial charge in [0.15, 0.2) is 17.2 Å². The number of aryl methyl sites for hydroxylation is 1. The highest BCUT2D eigenvalue weighted by Crippen LogP contribution is 2.34. The summed E-state index contributed by atoms with van der Waals surface area (Å²) in [6.07, 6.45) is 1.69. The summed E-state index contributed by atoms with van der Waals surface area (Å²) in [5, 5.41) is 0.952. The summed E-state index contributed by atoms with van der Waals surface area (Å²) < 4.78 is 3.06. The second kappa shape index (κ2) is 7.26. The van der Waals surface area contributed by atoms with Crippen LogP contribution < -0.4 is 5.46 Å². The van der Waals surface area contributed by atoms with Gasteiger partial charge in [-0.3, -0.25) is 9.59 Å². The van der Waals surface area contributed by atoms with Crippen LogP contribution in [0.1, 0.15) is 33.3 Å². The molecular formula is C23H15B2N2O2S. The fourth-order valence-corrected chi connectivity index (χ4v) is 4.85. The average molecular weight is 405 g/mol. The Morgan fingerprint density at radius 1 is 1.07 bits per heavy atom. The van der Waals surface area contributed by atoms with Crippen LogP contribution in [0, 0.1) is 0 Å². The molecule has 2 aromatic heterocycles. The molecule has 30 heavy (non-hydrogen) atoms. The first-order valence-electron chi connectivity index (χ1n) is 9.66. The summed E-state index contributed by atoms with van der Waals surface area (Å²) in [5.41, 5.74) is 4.48. The molecule has 1 aliphatic carbocycles. The summed E-state index contributed by atoms with van der Waals surface area (Å²) in [4.78, 5) is 30.6. The minimum Gasteiger partial charge on any atom is -0.325 e. The summed E-state index contributed by atoms with van der Waals surface area (Å²) in [7, 11) is 6.98. The van der Waals surface area contributed by atoms with Crippen molar-refractivity contribution >= 4 is 59.7 Å². The number of ketones is 2. The van der Waals surface area contributed by atoms with Crippen LogP contribution >= 0.6 is 11.3 Å². The summed E-state index contributed by atoms with van der Waals surface area (Å²) in [5.74, 6) is -0.507. The Labute approximate surface area is 179 Å². The molecule has 5 rings (SSSR count). The second-order valence-electron chi connectivity index (χ2n) is 7.07. The number of thiazole rings is 1. The summed E-state index contributed by atoms with van der Waals surface area (Å²) in [6.45, 7) is 2.71. The van der Waals surface area contributed by atoms with Crippen molar-refractivity contribution < 1.29 is 9.59 Å². The average Bonchev–Trinajstić information content (AvgIpc) is 3.40. The number of aromatic nitrogens is 2.